The van der Waals surface area contributed by atoms with E-state index in [1.165, 1.54) is 19.2 Å². The summed E-state index contributed by atoms with van der Waals surface area (Å²) in [5.74, 6) is -0.118. The number of nitro benzene ring substituents is 1. The molecule has 126 valence electrons. The maximum Gasteiger partial charge on any atom is 0.286 e. The molecule has 0 unspecified atom stereocenters. The number of ether oxygens (including phenoxy) is 2. The van der Waals surface area contributed by atoms with E-state index in [9.17, 15) is 14.9 Å². The Bertz CT molecular complexity index is 734. The molecule has 0 saturated carbocycles. The van der Waals surface area contributed by atoms with Crippen LogP contribution in [-0.4, -0.2) is 29.5 Å². The second-order valence-corrected chi connectivity index (χ2v) is 4.71. The smallest absolute Gasteiger partial charge is 0.286 e. The number of nitrogens with zero attached hydrogens (tertiary/aromatic N) is 2. The van der Waals surface area contributed by atoms with E-state index < -0.39 is 10.8 Å². The molecule has 8 heteroatoms. The van der Waals surface area contributed by atoms with Gasteiger partial charge in [0.2, 0.25) is 0 Å². The predicted molar refractivity (Wildman–Crippen MR) is 86.2 cm³/mol. The molecule has 1 amide bonds. The molecule has 0 spiro atoms. The fraction of sp³-hybridized carbons (Fsp3) is 0.250. The van der Waals surface area contributed by atoms with Crippen LogP contribution in [0, 0.1) is 10.1 Å². The summed E-state index contributed by atoms with van der Waals surface area (Å²) in [4.78, 5) is 27.1. The minimum Gasteiger partial charge on any atom is -0.493 e. The summed E-state index contributed by atoms with van der Waals surface area (Å²) >= 11 is 0. The van der Waals surface area contributed by atoms with Crippen molar-refractivity contribution in [2.45, 2.75) is 13.5 Å². The first-order chi connectivity index (χ1) is 11.6. The molecule has 1 N–H and O–H groups in total. The Kier molecular flexibility index (Phi) is 5.67. The van der Waals surface area contributed by atoms with E-state index in [1.807, 2.05) is 0 Å². The Hall–Kier alpha value is -3.16. The van der Waals surface area contributed by atoms with Gasteiger partial charge in [-0.1, -0.05) is 6.07 Å². The molecule has 0 atom stereocenters. The number of methoxy groups -OCH3 is 1. The first-order valence-corrected chi connectivity index (χ1v) is 7.24. The highest BCUT2D eigenvalue weighted by molar-refractivity contribution is 5.99. The third-order valence-electron chi connectivity index (χ3n) is 3.18. The Morgan fingerprint density at radius 2 is 2.12 bits per heavy atom. The Morgan fingerprint density at radius 3 is 2.71 bits per heavy atom. The van der Waals surface area contributed by atoms with Crippen LogP contribution in [0.15, 0.2) is 36.5 Å². The zero-order valence-electron chi connectivity index (χ0n) is 13.3. The first-order valence-electron chi connectivity index (χ1n) is 7.24. The molecule has 0 aliphatic rings. The van der Waals surface area contributed by atoms with E-state index in [4.69, 9.17) is 9.47 Å². The highest BCUT2D eigenvalue weighted by Gasteiger charge is 2.24. The number of aromatic nitrogens is 1. The number of nitrogens with one attached hydrogen (secondary N) is 1. The van der Waals surface area contributed by atoms with Crippen molar-refractivity contribution in [3.05, 3.63) is 57.9 Å². The van der Waals surface area contributed by atoms with Gasteiger partial charge in [0.1, 0.15) is 5.56 Å². The number of carbonyl (C=O) groups is 1. The molecule has 0 radical (unpaired) electrons. The van der Waals surface area contributed by atoms with Crippen LogP contribution >= 0.6 is 0 Å². The van der Waals surface area contributed by atoms with Gasteiger partial charge in [-0.05, 0) is 19.1 Å². The van der Waals surface area contributed by atoms with Crippen molar-refractivity contribution >= 4 is 11.6 Å². The van der Waals surface area contributed by atoms with Gasteiger partial charge < -0.3 is 14.8 Å². The van der Waals surface area contributed by atoms with Crippen molar-refractivity contribution in [3.8, 4) is 11.5 Å². The first kappa shape index (κ1) is 17.2. The summed E-state index contributed by atoms with van der Waals surface area (Å²) in [6, 6.07) is 7.78. The topological polar surface area (TPSA) is 104 Å². The van der Waals surface area contributed by atoms with Gasteiger partial charge in [0.25, 0.3) is 11.6 Å². The van der Waals surface area contributed by atoms with Crippen LogP contribution < -0.4 is 14.8 Å². The lowest BCUT2D eigenvalue weighted by Gasteiger charge is -2.12. The predicted octanol–water partition coefficient (Wildman–Crippen LogP) is 2.33. The molecule has 0 aliphatic carbocycles. The lowest BCUT2D eigenvalue weighted by atomic mass is 10.1. The molecule has 2 aromatic rings. The van der Waals surface area contributed by atoms with E-state index in [2.05, 4.69) is 10.3 Å². The molecular formula is C16H17N3O5. The fourth-order valence-electron chi connectivity index (χ4n) is 2.08. The molecule has 1 aromatic carbocycles. The maximum atomic E-state index is 12.3. The summed E-state index contributed by atoms with van der Waals surface area (Å²) in [6.45, 7) is 2.23. The fourth-order valence-corrected chi connectivity index (χ4v) is 2.08. The highest BCUT2D eigenvalue weighted by Crippen LogP contribution is 2.34. The SMILES string of the molecule is CCOc1cc([N+](=O)[O-])c(C(=O)NCc2ccccn2)cc1OC. The quantitative estimate of drug-likeness (QED) is 0.617. The number of hydrogen-bond acceptors (Lipinski definition) is 6. The van der Waals surface area contributed by atoms with E-state index in [0.717, 1.165) is 0 Å². The lowest BCUT2D eigenvalue weighted by Crippen LogP contribution is -2.24. The molecule has 0 fully saturated rings. The van der Waals surface area contributed by atoms with Gasteiger partial charge in [-0.25, -0.2) is 0 Å². The van der Waals surface area contributed by atoms with Gasteiger partial charge in [-0.3, -0.25) is 19.9 Å². The molecular weight excluding hydrogens is 314 g/mol. The normalized spacial score (nSPS) is 10.1. The zero-order chi connectivity index (χ0) is 17.5. The average Bonchev–Trinajstić information content (AvgIpc) is 2.60. The summed E-state index contributed by atoms with van der Waals surface area (Å²) in [5, 5.41) is 13.9. The van der Waals surface area contributed by atoms with Gasteiger partial charge in [0.05, 0.1) is 36.9 Å². The van der Waals surface area contributed by atoms with Crippen LogP contribution in [0.4, 0.5) is 5.69 Å². The van der Waals surface area contributed by atoms with Gasteiger partial charge in [0, 0.05) is 12.3 Å². The molecule has 1 aromatic heterocycles. The van der Waals surface area contributed by atoms with E-state index in [-0.39, 0.29) is 29.3 Å². The van der Waals surface area contributed by atoms with Crippen molar-refractivity contribution in [2.24, 2.45) is 0 Å². The number of amides is 1. The van der Waals surface area contributed by atoms with Crippen molar-refractivity contribution in [1.82, 2.24) is 10.3 Å². The van der Waals surface area contributed by atoms with Crippen LogP contribution in [0.25, 0.3) is 0 Å². The van der Waals surface area contributed by atoms with Crippen LogP contribution in [0.3, 0.4) is 0 Å². The van der Waals surface area contributed by atoms with Crippen molar-refractivity contribution in [3.63, 3.8) is 0 Å². The van der Waals surface area contributed by atoms with Gasteiger partial charge in [0.15, 0.2) is 11.5 Å². The van der Waals surface area contributed by atoms with E-state index in [1.54, 1.807) is 31.3 Å². The third-order valence-corrected chi connectivity index (χ3v) is 3.18. The molecule has 2 rings (SSSR count). The van der Waals surface area contributed by atoms with Crippen molar-refractivity contribution < 1.29 is 19.2 Å². The Morgan fingerprint density at radius 1 is 1.33 bits per heavy atom. The number of carbonyl (C=O) groups excluding carboxylic acids is 1. The number of benzene rings is 1. The minimum atomic E-state index is -0.627. The summed E-state index contributed by atoms with van der Waals surface area (Å²) in [6.07, 6.45) is 1.60. The molecule has 8 nitrogen and oxygen atoms in total. The molecule has 0 bridgehead atoms. The highest BCUT2D eigenvalue weighted by atomic mass is 16.6. The number of rotatable bonds is 7. The molecule has 24 heavy (non-hydrogen) atoms. The Balaban J connectivity index is 2.29. The molecule has 0 saturated heterocycles. The Labute approximate surface area is 138 Å². The lowest BCUT2D eigenvalue weighted by molar-refractivity contribution is -0.385. The van der Waals surface area contributed by atoms with Crippen LogP contribution in [0.2, 0.25) is 0 Å². The number of pyridine rings is 1. The average molecular weight is 331 g/mol. The van der Waals surface area contributed by atoms with Crippen LogP contribution in [0.5, 0.6) is 11.5 Å². The van der Waals surface area contributed by atoms with E-state index >= 15 is 0 Å². The second-order valence-electron chi connectivity index (χ2n) is 4.71. The van der Waals surface area contributed by atoms with Gasteiger partial charge >= 0.3 is 0 Å². The van der Waals surface area contributed by atoms with Gasteiger partial charge in [-0.15, -0.1) is 0 Å². The van der Waals surface area contributed by atoms with Gasteiger partial charge in [-0.2, -0.15) is 0 Å². The maximum absolute atomic E-state index is 12.3. The molecule has 1 heterocycles. The number of hydrogen-bond donors (Lipinski definition) is 1. The third kappa shape index (κ3) is 3.97. The summed E-state index contributed by atoms with van der Waals surface area (Å²) < 4.78 is 10.5. The molecule has 0 aliphatic heterocycles. The largest absolute Gasteiger partial charge is 0.493 e. The zero-order valence-corrected chi connectivity index (χ0v) is 13.3. The van der Waals surface area contributed by atoms with E-state index in [0.29, 0.717) is 12.3 Å². The van der Waals surface area contributed by atoms with Crippen molar-refractivity contribution in [2.75, 3.05) is 13.7 Å². The van der Waals surface area contributed by atoms with Crippen LogP contribution in [-0.2, 0) is 6.54 Å². The number of nitro groups is 1. The second kappa shape index (κ2) is 7.91. The minimum absolute atomic E-state index is 0.101. The van der Waals surface area contributed by atoms with Crippen LogP contribution in [0.1, 0.15) is 23.0 Å². The van der Waals surface area contributed by atoms with Crippen molar-refractivity contribution in [1.29, 1.82) is 0 Å². The summed E-state index contributed by atoms with van der Waals surface area (Å²) in [5.41, 5.74) is 0.195. The monoisotopic (exact) mass is 331 g/mol. The standard InChI is InChI=1S/C16H17N3O5/c1-3-24-15-9-13(19(21)22)12(8-14(15)23-2)16(20)18-10-11-6-4-5-7-17-11/h4-9H,3,10H2,1-2H3,(H,18,20). The summed E-state index contributed by atoms with van der Waals surface area (Å²) in [7, 11) is 1.40.